The smallest absolute Gasteiger partial charge is 0.224 e. The van der Waals surface area contributed by atoms with Gasteiger partial charge < -0.3 is 15.0 Å². The van der Waals surface area contributed by atoms with Crippen molar-refractivity contribution in [2.75, 3.05) is 40.4 Å². The number of amides is 1. The molecule has 4 nitrogen and oxygen atoms in total. The summed E-state index contributed by atoms with van der Waals surface area (Å²) >= 11 is 0. The molecule has 0 heterocycles. The van der Waals surface area contributed by atoms with Crippen LogP contribution in [0.2, 0.25) is 0 Å². The topological polar surface area (TPSA) is 41.6 Å². The van der Waals surface area contributed by atoms with Crippen molar-refractivity contribution in [2.45, 2.75) is 26.2 Å². The molecule has 0 bridgehead atoms. The van der Waals surface area contributed by atoms with Crippen LogP contribution in [0.5, 0.6) is 0 Å². The van der Waals surface area contributed by atoms with Gasteiger partial charge in [0.2, 0.25) is 5.91 Å². The molecule has 4 heteroatoms. The number of nitrogens with zero attached hydrogens (tertiary/aromatic N) is 1. The predicted octanol–water partition coefficient (Wildman–Crippen LogP) is 0.871. The average Bonchev–Trinajstić information content (AvgIpc) is 2.24. The van der Waals surface area contributed by atoms with Gasteiger partial charge in [0.05, 0.1) is 13.0 Å². The highest BCUT2D eigenvalue weighted by molar-refractivity contribution is 5.75. The molecule has 0 saturated carbocycles. The Morgan fingerprint density at radius 2 is 2.13 bits per heavy atom. The van der Waals surface area contributed by atoms with E-state index in [2.05, 4.69) is 12.2 Å². The van der Waals surface area contributed by atoms with E-state index in [0.29, 0.717) is 13.0 Å². The lowest BCUT2D eigenvalue weighted by atomic mass is 10.3. The van der Waals surface area contributed by atoms with Gasteiger partial charge in [-0.05, 0) is 26.4 Å². The van der Waals surface area contributed by atoms with E-state index in [1.54, 1.807) is 4.90 Å². The molecule has 0 aliphatic carbocycles. The maximum absolute atomic E-state index is 11.5. The Morgan fingerprint density at radius 1 is 1.40 bits per heavy atom. The van der Waals surface area contributed by atoms with Crippen molar-refractivity contribution in [1.29, 1.82) is 0 Å². The molecule has 0 unspecified atom stereocenters. The summed E-state index contributed by atoms with van der Waals surface area (Å²) in [7, 11) is 3.76. The molecule has 0 radical (unpaired) electrons. The van der Waals surface area contributed by atoms with Gasteiger partial charge in [-0.15, -0.1) is 0 Å². The van der Waals surface area contributed by atoms with Crippen LogP contribution >= 0.6 is 0 Å². The van der Waals surface area contributed by atoms with Crippen LogP contribution in [0.15, 0.2) is 0 Å². The lowest BCUT2D eigenvalue weighted by Gasteiger charge is -2.16. The monoisotopic (exact) mass is 216 g/mol. The van der Waals surface area contributed by atoms with Crippen LogP contribution < -0.4 is 5.32 Å². The summed E-state index contributed by atoms with van der Waals surface area (Å²) in [5, 5.41) is 3.06. The van der Waals surface area contributed by atoms with E-state index in [-0.39, 0.29) is 5.91 Å². The molecular weight excluding hydrogens is 192 g/mol. The number of rotatable bonds is 9. The van der Waals surface area contributed by atoms with E-state index >= 15 is 0 Å². The van der Waals surface area contributed by atoms with Gasteiger partial charge in [0.1, 0.15) is 0 Å². The zero-order chi connectivity index (χ0) is 11.5. The predicted molar refractivity (Wildman–Crippen MR) is 61.9 cm³/mol. The largest absolute Gasteiger partial charge is 0.381 e. The molecule has 15 heavy (non-hydrogen) atoms. The van der Waals surface area contributed by atoms with Crippen LogP contribution in [0.25, 0.3) is 0 Å². The number of hydrogen-bond donors (Lipinski definition) is 1. The SMILES string of the molecule is CCCOCCC(=O)N(C)CCCNC. The Labute approximate surface area is 93.0 Å². The van der Waals surface area contributed by atoms with E-state index in [1.807, 2.05) is 14.1 Å². The second-order valence-electron chi connectivity index (χ2n) is 3.63. The van der Waals surface area contributed by atoms with Gasteiger partial charge >= 0.3 is 0 Å². The highest BCUT2D eigenvalue weighted by Gasteiger charge is 2.07. The van der Waals surface area contributed by atoms with E-state index in [9.17, 15) is 4.79 Å². The maximum Gasteiger partial charge on any atom is 0.224 e. The van der Waals surface area contributed by atoms with Gasteiger partial charge in [-0.3, -0.25) is 4.79 Å². The molecule has 0 spiro atoms. The standard InChI is InChI=1S/C11H24N2O2/c1-4-9-15-10-6-11(14)13(3)8-5-7-12-2/h12H,4-10H2,1-3H3. The van der Waals surface area contributed by atoms with Gasteiger partial charge in [-0.1, -0.05) is 6.92 Å². The van der Waals surface area contributed by atoms with Crippen molar-refractivity contribution < 1.29 is 9.53 Å². The third kappa shape index (κ3) is 8.39. The molecule has 0 aromatic carbocycles. The summed E-state index contributed by atoms with van der Waals surface area (Å²) in [5.74, 6) is 0.169. The third-order valence-electron chi connectivity index (χ3n) is 2.15. The molecule has 0 fully saturated rings. The minimum Gasteiger partial charge on any atom is -0.381 e. The number of ether oxygens (including phenoxy) is 1. The van der Waals surface area contributed by atoms with E-state index in [0.717, 1.165) is 32.5 Å². The second-order valence-corrected chi connectivity index (χ2v) is 3.63. The fourth-order valence-corrected chi connectivity index (χ4v) is 1.21. The molecular formula is C11H24N2O2. The van der Waals surface area contributed by atoms with E-state index < -0.39 is 0 Å². The normalized spacial score (nSPS) is 10.3. The minimum atomic E-state index is 0.169. The van der Waals surface area contributed by atoms with Crippen molar-refractivity contribution >= 4 is 5.91 Å². The first-order valence-corrected chi connectivity index (χ1v) is 5.68. The number of carbonyl (C=O) groups is 1. The van der Waals surface area contributed by atoms with Gasteiger partial charge in [0, 0.05) is 20.2 Å². The molecule has 1 amide bonds. The molecule has 0 aromatic heterocycles. The Bertz CT molecular complexity index is 163. The number of hydrogen-bond acceptors (Lipinski definition) is 3. The van der Waals surface area contributed by atoms with Gasteiger partial charge in [-0.2, -0.15) is 0 Å². The van der Waals surface area contributed by atoms with Crippen LogP contribution in [0.3, 0.4) is 0 Å². The Kier molecular flexibility index (Phi) is 9.52. The summed E-state index contributed by atoms with van der Waals surface area (Å²) in [5.41, 5.74) is 0. The fourth-order valence-electron chi connectivity index (χ4n) is 1.21. The summed E-state index contributed by atoms with van der Waals surface area (Å²) in [6.45, 7) is 5.11. The molecule has 0 aliphatic rings. The minimum absolute atomic E-state index is 0.169. The quantitative estimate of drug-likeness (QED) is 0.582. The first kappa shape index (κ1) is 14.4. The highest BCUT2D eigenvalue weighted by Crippen LogP contribution is 1.94. The van der Waals surface area contributed by atoms with Crippen LogP contribution in [-0.4, -0.2) is 51.2 Å². The first-order valence-electron chi connectivity index (χ1n) is 5.68. The van der Waals surface area contributed by atoms with Crippen LogP contribution in [-0.2, 0) is 9.53 Å². The summed E-state index contributed by atoms with van der Waals surface area (Å²) in [6, 6.07) is 0. The molecule has 0 rings (SSSR count). The zero-order valence-electron chi connectivity index (χ0n) is 10.2. The maximum atomic E-state index is 11.5. The van der Waals surface area contributed by atoms with Crippen LogP contribution in [0, 0.1) is 0 Å². The van der Waals surface area contributed by atoms with Gasteiger partial charge in [0.25, 0.3) is 0 Å². The Morgan fingerprint density at radius 3 is 2.73 bits per heavy atom. The van der Waals surface area contributed by atoms with Gasteiger partial charge in [0.15, 0.2) is 0 Å². The number of carbonyl (C=O) groups excluding carboxylic acids is 1. The average molecular weight is 216 g/mol. The summed E-state index contributed by atoms with van der Waals surface area (Å²) < 4.78 is 5.27. The lowest BCUT2D eigenvalue weighted by molar-refractivity contribution is -0.131. The summed E-state index contributed by atoms with van der Waals surface area (Å²) in [4.78, 5) is 13.3. The fraction of sp³-hybridized carbons (Fsp3) is 0.909. The Hall–Kier alpha value is -0.610. The second kappa shape index (κ2) is 9.93. The number of nitrogens with one attached hydrogen (secondary N) is 1. The van der Waals surface area contributed by atoms with E-state index in [4.69, 9.17) is 4.74 Å². The molecule has 0 aromatic rings. The van der Waals surface area contributed by atoms with Crippen molar-refractivity contribution in [3.05, 3.63) is 0 Å². The summed E-state index contributed by atoms with van der Waals surface area (Å²) in [6.07, 6.45) is 2.50. The van der Waals surface area contributed by atoms with Gasteiger partial charge in [-0.25, -0.2) is 0 Å². The van der Waals surface area contributed by atoms with Crippen molar-refractivity contribution in [1.82, 2.24) is 10.2 Å². The highest BCUT2D eigenvalue weighted by atomic mass is 16.5. The van der Waals surface area contributed by atoms with Crippen LogP contribution in [0.4, 0.5) is 0 Å². The molecule has 1 N–H and O–H groups in total. The zero-order valence-corrected chi connectivity index (χ0v) is 10.2. The molecule has 0 aliphatic heterocycles. The van der Waals surface area contributed by atoms with Crippen molar-refractivity contribution in [2.24, 2.45) is 0 Å². The molecule has 0 saturated heterocycles. The molecule has 90 valence electrons. The van der Waals surface area contributed by atoms with Crippen molar-refractivity contribution in [3.8, 4) is 0 Å². The third-order valence-corrected chi connectivity index (χ3v) is 2.15. The van der Waals surface area contributed by atoms with Crippen molar-refractivity contribution in [3.63, 3.8) is 0 Å². The molecule has 0 atom stereocenters. The first-order chi connectivity index (χ1) is 7.22. The lowest BCUT2D eigenvalue weighted by Crippen LogP contribution is -2.30. The van der Waals surface area contributed by atoms with Crippen LogP contribution in [0.1, 0.15) is 26.2 Å². The Balaban J connectivity index is 3.42. The van der Waals surface area contributed by atoms with E-state index in [1.165, 1.54) is 0 Å².